The van der Waals surface area contributed by atoms with E-state index in [2.05, 4.69) is 30.3 Å². The second-order valence-corrected chi connectivity index (χ2v) is 6.14. The van der Waals surface area contributed by atoms with E-state index < -0.39 is 0 Å². The molecule has 0 spiro atoms. The van der Waals surface area contributed by atoms with Crippen molar-refractivity contribution in [2.75, 3.05) is 33.6 Å². The molecule has 4 heteroatoms. The van der Waals surface area contributed by atoms with Crippen molar-refractivity contribution < 1.29 is 9.47 Å². The van der Waals surface area contributed by atoms with Crippen molar-refractivity contribution in [1.82, 2.24) is 4.90 Å². The van der Waals surface area contributed by atoms with Crippen molar-refractivity contribution in [3.63, 3.8) is 0 Å². The summed E-state index contributed by atoms with van der Waals surface area (Å²) >= 11 is 1.82. The average molecular weight is 279 g/mol. The fourth-order valence-corrected chi connectivity index (χ4v) is 3.94. The van der Waals surface area contributed by atoms with Crippen molar-refractivity contribution in [2.24, 2.45) is 0 Å². The molecule has 3 nitrogen and oxygen atoms in total. The van der Waals surface area contributed by atoms with Crippen LogP contribution in [0.4, 0.5) is 0 Å². The Balaban J connectivity index is 2.02. The summed E-state index contributed by atoms with van der Waals surface area (Å²) in [7, 11) is 3.97. The van der Waals surface area contributed by atoms with E-state index in [0.717, 1.165) is 31.7 Å². The largest absolute Gasteiger partial charge is 0.496 e. The maximum absolute atomic E-state index is 5.99. The quantitative estimate of drug-likeness (QED) is 0.774. The molecule has 1 aliphatic heterocycles. The number of fused-ring (bicyclic) bond motifs is 2. The standard InChI is InChI=1S/C15H21NO2S/c1-16-6-7-18-14-9-11-10(8-12(14)16)13(17-2)4-5-15(11)19-3/h4-5,12,14H,6-9H2,1-3H3/t12-,14-/m0/s1. The van der Waals surface area contributed by atoms with Gasteiger partial charge in [0.25, 0.3) is 0 Å². The minimum absolute atomic E-state index is 0.337. The lowest BCUT2D eigenvalue weighted by molar-refractivity contribution is -0.0649. The van der Waals surface area contributed by atoms with E-state index >= 15 is 0 Å². The Morgan fingerprint density at radius 1 is 1.32 bits per heavy atom. The molecule has 0 amide bonds. The van der Waals surface area contributed by atoms with Crippen molar-refractivity contribution in [3.8, 4) is 5.75 Å². The lowest BCUT2D eigenvalue weighted by atomic mass is 9.84. The predicted octanol–water partition coefficient (Wildman–Crippen LogP) is 2.21. The number of ether oxygens (including phenoxy) is 2. The van der Waals surface area contributed by atoms with Gasteiger partial charge >= 0.3 is 0 Å². The van der Waals surface area contributed by atoms with Crippen LogP contribution in [-0.2, 0) is 17.6 Å². The predicted molar refractivity (Wildman–Crippen MR) is 78.3 cm³/mol. The van der Waals surface area contributed by atoms with E-state index in [1.54, 1.807) is 7.11 Å². The molecule has 0 N–H and O–H groups in total. The summed E-state index contributed by atoms with van der Waals surface area (Å²) in [6.45, 7) is 1.88. The van der Waals surface area contributed by atoms with Gasteiger partial charge in [-0.1, -0.05) is 0 Å². The minimum atomic E-state index is 0.337. The number of thioether (sulfide) groups is 1. The van der Waals surface area contributed by atoms with Crippen LogP contribution in [0.15, 0.2) is 17.0 Å². The van der Waals surface area contributed by atoms with Crippen molar-refractivity contribution in [3.05, 3.63) is 23.3 Å². The highest BCUT2D eigenvalue weighted by molar-refractivity contribution is 7.98. The molecule has 1 saturated heterocycles. The third kappa shape index (κ3) is 2.26. The van der Waals surface area contributed by atoms with Gasteiger partial charge in [0.1, 0.15) is 5.75 Å². The van der Waals surface area contributed by atoms with E-state index in [1.807, 2.05) is 11.8 Å². The van der Waals surface area contributed by atoms with Crippen molar-refractivity contribution in [1.29, 1.82) is 0 Å². The lowest BCUT2D eigenvalue weighted by Gasteiger charge is -2.43. The summed E-state index contributed by atoms with van der Waals surface area (Å²) in [6.07, 6.45) is 4.53. The molecule has 0 aromatic heterocycles. The maximum atomic E-state index is 5.99. The van der Waals surface area contributed by atoms with Crippen LogP contribution in [0.2, 0.25) is 0 Å². The van der Waals surface area contributed by atoms with Gasteiger partial charge in [0.15, 0.2) is 0 Å². The van der Waals surface area contributed by atoms with Crippen molar-refractivity contribution >= 4 is 11.8 Å². The molecule has 0 unspecified atom stereocenters. The highest BCUT2D eigenvalue weighted by Gasteiger charge is 2.36. The monoisotopic (exact) mass is 279 g/mol. The molecule has 3 rings (SSSR count). The molecule has 0 radical (unpaired) electrons. The number of rotatable bonds is 2. The van der Waals surface area contributed by atoms with Crippen LogP contribution < -0.4 is 4.74 Å². The van der Waals surface area contributed by atoms with Crippen LogP contribution in [0.5, 0.6) is 5.75 Å². The summed E-state index contributed by atoms with van der Waals surface area (Å²) in [5.41, 5.74) is 2.82. The van der Waals surface area contributed by atoms with Gasteiger partial charge in [0, 0.05) is 29.5 Å². The van der Waals surface area contributed by atoms with Gasteiger partial charge in [0.2, 0.25) is 0 Å². The molecule has 1 aliphatic carbocycles. The number of nitrogens with zero attached hydrogens (tertiary/aromatic N) is 1. The Morgan fingerprint density at radius 3 is 2.89 bits per heavy atom. The van der Waals surface area contributed by atoms with Gasteiger partial charge in [-0.15, -0.1) is 11.8 Å². The summed E-state index contributed by atoms with van der Waals surface area (Å²) in [4.78, 5) is 3.80. The van der Waals surface area contributed by atoms with E-state index in [-0.39, 0.29) is 0 Å². The number of likely N-dealkylation sites (N-methyl/N-ethyl adjacent to an activating group) is 1. The van der Waals surface area contributed by atoms with Crippen molar-refractivity contribution in [2.45, 2.75) is 29.9 Å². The summed E-state index contributed by atoms with van der Waals surface area (Å²) in [5, 5.41) is 0. The third-order valence-corrected chi connectivity index (χ3v) is 5.20. The van der Waals surface area contributed by atoms with Gasteiger partial charge in [-0.3, -0.25) is 4.90 Å². The molecule has 2 aliphatic rings. The molecule has 2 atom stereocenters. The third-order valence-electron chi connectivity index (χ3n) is 4.37. The average Bonchev–Trinajstić information content (AvgIpc) is 2.45. The molecule has 104 valence electrons. The summed E-state index contributed by atoms with van der Waals surface area (Å²) in [5.74, 6) is 1.03. The van der Waals surface area contributed by atoms with Gasteiger partial charge in [-0.2, -0.15) is 0 Å². The lowest BCUT2D eigenvalue weighted by Crippen LogP contribution is -2.53. The van der Waals surface area contributed by atoms with Crippen LogP contribution in [0.1, 0.15) is 11.1 Å². The molecule has 19 heavy (non-hydrogen) atoms. The van der Waals surface area contributed by atoms with Crippen LogP contribution in [0.3, 0.4) is 0 Å². The zero-order valence-electron chi connectivity index (χ0n) is 11.8. The molecule has 1 heterocycles. The van der Waals surface area contributed by atoms with Gasteiger partial charge in [-0.25, -0.2) is 0 Å². The molecule has 1 aromatic rings. The summed E-state index contributed by atoms with van der Waals surface area (Å²) < 4.78 is 11.5. The Morgan fingerprint density at radius 2 is 2.16 bits per heavy atom. The first kappa shape index (κ1) is 13.3. The molecular weight excluding hydrogens is 258 g/mol. The second kappa shape index (κ2) is 5.35. The normalized spacial score (nSPS) is 26.7. The maximum Gasteiger partial charge on any atom is 0.122 e. The second-order valence-electron chi connectivity index (χ2n) is 5.29. The molecule has 0 saturated carbocycles. The number of methoxy groups -OCH3 is 1. The smallest absolute Gasteiger partial charge is 0.122 e. The van der Waals surface area contributed by atoms with Crippen LogP contribution in [-0.4, -0.2) is 50.6 Å². The number of morpholine rings is 1. The van der Waals surface area contributed by atoms with Gasteiger partial charge < -0.3 is 9.47 Å². The molecule has 0 bridgehead atoms. The van der Waals surface area contributed by atoms with E-state index in [1.165, 1.54) is 16.0 Å². The number of benzene rings is 1. The Labute approximate surface area is 119 Å². The molecule has 1 fully saturated rings. The van der Waals surface area contributed by atoms with E-state index in [4.69, 9.17) is 9.47 Å². The number of hydrogen-bond donors (Lipinski definition) is 0. The number of hydrogen-bond acceptors (Lipinski definition) is 4. The molecule has 1 aromatic carbocycles. The zero-order chi connectivity index (χ0) is 13.4. The van der Waals surface area contributed by atoms with Gasteiger partial charge in [0.05, 0.1) is 19.8 Å². The first-order chi connectivity index (χ1) is 9.24. The minimum Gasteiger partial charge on any atom is -0.496 e. The van der Waals surface area contributed by atoms with Crippen LogP contribution >= 0.6 is 11.8 Å². The van der Waals surface area contributed by atoms with Gasteiger partial charge in [-0.05, 0) is 37.4 Å². The Kier molecular flexibility index (Phi) is 3.74. The Bertz CT molecular complexity index is 477. The first-order valence-corrected chi connectivity index (χ1v) is 8.01. The first-order valence-electron chi connectivity index (χ1n) is 6.79. The topological polar surface area (TPSA) is 21.7 Å². The Hall–Kier alpha value is -0.710. The molecular formula is C15H21NO2S. The fraction of sp³-hybridized carbons (Fsp3) is 0.600. The highest BCUT2D eigenvalue weighted by atomic mass is 32.2. The van der Waals surface area contributed by atoms with E-state index in [9.17, 15) is 0 Å². The van der Waals surface area contributed by atoms with Crippen LogP contribution in [0, 0.1) is 0 Å². The SMILES string of the molecule is COc1ccc(SC)c2c1C[C@H]1[C@H](C2)OCCN1C. The summed E-state index contributed by atoms with van der Waals surface area (Å²) in [6, 6.07) is 4.77. The highest BCUT2D eigenvalue weighted by Crippen LogP contribution is 2.38. The van der Waals surface area contributed by atoms with Crippen LogP contribution in [0.25, 0.3) is 0 Å². The van der Waals surface area contributed by atoms with E-state index in [0.29, 0.717) is 12.1 Å². The fourth-order valence-electron chi connectivity index (χ4n) is 3.28. The zero-order valence-corrected chi connectivity index (χ0v) is 12.6.